The molecule has 0 radical (unpaired) electrons. The van der Waals surface area contributed by atoms with Crippen molar-refractivity contribution in [1.82, 2.24) is 25.1 Å². The van der Waals surface area contributed by atoms with E-state index in [9.17, 15) is 13.4 Å². The summed E-state index contributed by atoms with van der Waals surface area (Å²) in [5.74, 6) is -0.618. The molecule has 0 spiro atoms. The number of amides is 1. The van der Waals surface area contributed by atoms with Gasteiger partial charge in [-0.15, -0.1) is 0 Å². The third kappa shape index (κ3) is 4.43. The van der Waals surface area contributed by atoms with Gasteiger partial charge in [-0.3, -0.25) is 14.0 Å². The molecule has 0 unspecified atom stereocenters. The Hall–Kier alpha value is -3.46. The Bertz CT molecular complexity index is 1290. The van der Waals surface area contributed by atoms with Crippen molar-refractivity contribution in [3.63, 3.8) is 0 Å². The van der Waals surface area contributed by atoms with Gasteiger partial charge >= 0.3 is 0 Å². The largest absolute Gasteiger partial charge is 0.345 e. The lowest BCUT2D eigenvalue weighted by Gasteiger charge is -2.19. The summed E-state index contributed by atoms with van der Waals surface area (Å²) in [7, 11) is -1.21. The number of rotatable bonds is 7. The quantitative estimate of drug-likeness (QED) is 0.459. The summed E-state index contributed by atoms with van der Waals surface area (Å²) in [4.78, 5) is 21.6. The molecular weight excluding hydrogens is 429 g/mol. The fourth-order valence-corrected chi connectivity index (χ4v) is 4.07. The fraction of sp³-hybridized carbons (Fsp3) is 0.217. The van der Waals surface area contributed by atoms with Crippen molar-refractivity contribution in [1.29, 1.82) is 0 Å². The maximum Gasteiger partial charge on any atom is 0.254 e. The van der Waals surface area contributed by atoms with Crippen LogP contribution < -0.4 is 5.32 Å². The predicted molar refractivity (Wildman–Crippen MR) is 121 cm³/mol. The third-order valence-corrected chi connectivity index (χ3v) is 5.96. The van der Waals surface area contributed by atoms with Gasteiger partial charge in [0.05, 0.1) is 46.0 Å². The van der Waals surface area contributed by atoms with E-state index < -0.39 is 10.8 Å². The van der Waals surface area contributed by atoms with Crippen LogP contribution in [0.1, 0.15) is 41.7 Å². The molecule has 1 N–H and O–H groups in total. The lowest BCUT2D eigenvalue weighted by Crippen LogP contribution is -2.29. The van der Waals surface area contributed by atoms with Crippen molar-refractivity contribution in [3.8, 4) is 5.69 Å². The molecule has 7 nitrogen and oxygen atoms in total. The Labute approximate surface area is 187 Å². The van der Waals surface area contributed by atoms with E-state index in [2.05, 4.69) is 20.4 Å². The first-order valence-electron chi connectivity index (χ1n) is 10.2. The van der Waals surface area contributed by atoms with Gasteiger partial charge in [-0.2, -0.15) is 5.10 Å². The van der Waals surface area contributed by atoms with Crippen LogP contribution in [0, 0.1) is 5.82 Å². The molecule has 0 saturated carbocycles. The number of nitrogens with zero attached hydrogens (tertiary/aromatic N) is 4. The van der Waals surface area contributed by atoms with Gasteiger partial charge in [0.25, 0.3) is 5.91 Å². The zero-order valence-electron chi connectivity index (χ0n) is 17.7. The fourth-order valence-electron chi connectivity index (χ4n) is 3.56. The van der Waals surface area contributed by atoms with E-state index in [1.807, 2.05) is 13.0 Å². The molecule has 3 aromatic heterocycles. The van der Waals surface area contributed by atoms with Gasteiger partial charge < -0.3 is 5.32 Å². The molecular formula is C23H22FN5O2S. The van der Waals surface area contributed by atoms with Crippen LogP contribution in [0.2, 0.25) is 0 Å². The average Bonchev–Trinajstić information content (AvgIpc) is 3.23. The van der Waals surface area contributed by atoms with E-state index in [0.29, 0.717) is 33.6 Å². The second-order valence-corrected chi connectivity index (χ2v) is 8.68. The second kappa shape index (κ2) is 9.35. The molecule has 2 atom stereocenters. The van der Waals surface area contributed by atoms with E-state index in [1.165, 1.54) is 18.3 Å². The standard InChI is InChI=1S/C23H22FN5O2S/c1-3-4-20(15-9-10-26-22(11-15)32(2)31)28-23(30)19-12-25-14-21-18(19)13-27-29(21)17-7-5-16(24)6-8-17/h5-14,20H,3-4H2,1-2H3,(H,28,30)/t20-,32-/m0/s1. The molecule has 4 rings (SSSR count). The Kier molecular flexibility index (Phi) is 6.36. The van der Waals surface area contributed by atoms with Crippen molar-refractivity contribution in [2.24, 2.45) is 0 Å². The number of halogens is 1. The van der Waals surface area contributed by atoms with E-state index in [-0.39, 0.29) is 17.8 Å². The Morgan fingerprint density at radius 1 is 1.19 bits per heavy atom. The van der Waals surface area contributed by atoms with Gasteiger partial charge in [0.1, 0.15) is 10.8 Å². The van der Waals surface area contributed by atoms with E-state index in [4.69, 9.17) is 0 Å². The lowest BCUT2D eigenvalue weighted by atomic mass is 10.0. The number of pyridine rings is 2. The van der Waals surface area contributed by atoms with Gasteiger partial charge in [0.2, 0.25) is 0 Å². The van der Waals surface area contributed by atoms with Crippen LogP contribution in [0.15, 0.2) is 66.2 Å². The molecule has 0 aliphatic heterocycles. The maximum absolute atomic E-state index is 13.3. The second-order valence-electron chi connectivity index (χ2n) is 7.35. The Morgan fingerprint density at radius 2 is 1.97 bits per heavy atom. The van der Waals surface area contributed by atoms with Gasteiger partial charge in [-0.25, -0.2) is 14.1 Å². The number of carbonyl (C=O) groups excluding carboxylic acids is 1. The number of carbonyl (C=O) groups is 1. The summed E-state index contributed by atoms with van der Waals surface area (Å²) in [5.41, 5.74) is 2.55. The number of aromatic nitrogens is 4. The third-order valence-electron chi connectivity index (χ3n) is 5.15. The van der Waals surface area contributed by atoms with Crippen LogP contribution in [0.5, 0.6) is 0 Å². The summed E-state index contributed by atoms with van der Waals surface area (Å²) >= 11 is 0. The normalized spacial score (nSPS) is 13.1. The molecule has 9 heteroatoms. The molecule has 4 aromatic rings. The topological polar surface area (TPSA) is 89.8 Å². The number of benzene rings is 1. The van der Waals surface area contributed by atoms with Crippen molar-refractivity contribution in [2.75, 3.05) is 6.26 Å². The molecule has 164 valence electrons. The minimum Gasteiger partial charge on any atom is -0.345 e. The SMILES string of the molecule is CCC[C@H](NC(=O)c1cncc2c1cnn2-c1ccc(F)cc1)c1ccnc([S@](C)=O)c1. The summed E-state index contributed by atoms with van der Waals surface area (Å²) in [6.45, 7) is 2.04. The number of nitrogens with one attached hydrogen (secondary N) is 1. The molecule has 0 fully saturated rings. The van der Waals surface area contributed by atoms with E-state index >= 15 is 0 Å². The minimum atomic E-state index is -1.21. The highest BCUT2D eigenvalue weighted by molar-refractivity contribution is 7.84. The first kappa shape index (κ1) is 21.8. The maximum atomic E-state index is 13.3. The van der Waals surface area contributed by atoms with Crippen LogP contribution in [-0.4, -0.2) is 36.1 Å². The summed E-state index contributed by atoms with van der Waals surface area (Å²) in [6, 6.07) is 9.27. The van der Waals surface area contributed by atoms with Crippen LogP contribution in [0.25, 0.3) is 16.6 Å². The van der Waals surface area contributed by atoms with Gasteiger partial charge in [0.15, 0.2) is 0 Å². The van der Waals surface area contributed by atoms with Gasteiger partial charge in [-0.1, -0.05) is 13.3 Å². The van der Waals surface area contributed by atoms with Crippen LogP contribution >= 0.6 is 0 Å². The molecule has 0 bridgehead atoms. The molecule has 32 heavy (non-hydrogen) atoms. The van der Waals surface area contributed by atoms with Crippen molar-refractivity contribution < 1.29 is 13.4 Å². The Balaban J connectivity index is 1.66. The lowest BCUT2D eigenvalue weighted by molar-refractivity contribution is 0.0935. The minimum absolute atomic E-state index is 0.264. The molecule has 1 amide bonds. The highest BCUT2D eigenvalue weighted by atomic mass is 32.2. The highest BCUT2D eigenvalue weighted by Crippen LogP contribution is 2.24. The number of hydrogen-bond acceptors (Lipinski definition) is 5. The summed E-state index contributed by atoms with van der Waals surface area (Å²) < 4.78 is 26.7. The Morgan fingerprint density at radius 3 is 2.69 bits per heavy atom. The van der Waals surface area contributed by atoms with Crippen LogP contribution in [0.4, 0.5) is 4.39 Å². The van der Waals surface area contributed by atoms with E-state index in [0.717, 1.165) is 12.0 Å². The molecule has 0 saturated heterocycles. The van der Waals surface area contributed by atoms with Gasteiger partial charge in [-0.05, 0) is 48.4 Å². The summed E-state index contributed by atoms with van der Waals surface area (Å²) in [5, 5.41) is 8.56. The van der Waals surface area contributed by atoms with E-state index in [1.54, 1.807) is 47.7 Å². The average molecular weight is 452 g/mol. The predicted octanol–water partition coefficient (Wildman–Crippen LogP) is 3.96. The number of hydrogen-bond donors (Lipinski definition) is 1. The smallest absolute Gasteiger partial charge is 0.254 e. The highest BCUT2D eigenvalue weighted by Gasteiger charge is 2.20. The van der Waals surface area contributed by atoms with Crippen LogP contribution in [-0.2, 0) is 10.8 Å². The zero-order valence-corrected chi connectivity index (χ0v) is 18.5. The molecule has 1 aromatic carbocycles. The first-order chi connectivity index (χ1) is 15.5. The number of fused-ring (bicyclic) bond motifs is 1. The molecule has 0 aliphatic rings. The van der Waals surface area contributed by atoms with Crippen molar-refractivity contribution in [3.05, 3.63) is 78.1 Å². The first-order valence-corrected chi connectivity index (χ1v) is 11.7. The van der Waals surface area contributed by atoms with Crippen LogP contribution in [0.3, 0.4) is 0 Å². The van der Waals surface area contributed by atoms with Gasteiger partial charge in [0, 0.05) is 24.0 Å². The monoisotopic (exact) mass is 451 g/mol. The van der Waals surface area contributed by atoms with Crippen molar-refractivity contribution >= 4 is 27.6 Å². The van der Waals surface area contributed by atoms with Crippen molar-refractivity contribution in [2.45, 2.75) is 30.8 Å². The zero-order chi connectivity index (χ0) is 22.7. The summed E-state index contributed by atoms with van der Waals surface area (Å²) in [6.07, 6.45) is 9.48. The molecule has 3 heterocycles. The molecule has 0 aliphatic carbocycles.